The first-order valence-electron chi connectivity index (χ1n) is 9.74. The Morgan fingerprint density at radius 1 is 1.06 bits per heavy atom. The van der Waals surface area contributed by atoms with Gasteiger partial charge in [-0.15, -0.1) is 0 Å². The van der Waals surface area contributed by atoms with E-state index >= 15 is 0 Å². The van der Waals surface area contributed by atoms with Gasteiger partial charge in [0.1, 0.15) is 58.9 Å². The summed E-state index contributed by atoms with van der Waals surface area (Å²) >= 11 is 0. The van der Waals surface area contributed by atoms with Crippen molar-refractivity contribution in [2.45, 2.75) is 30.7 Å². The highest BCUT2D eigenvalue weighted by Crippen LogP contribution is 2.33. The Bertz CT molecular complexity index is 1150. The predicted molar refractivity (Wildman–Crippen MR) is 110 cm³/mol. The van der Waals surface area contributed by atoms with Gasteiger partial charge in [0.2, 0.25) is 11.7 Å². The molecule has 2 heterocycles. The summed E-state index contributed by atoms with van der Waals surface area (Å²) in [5, 5.41) is 49.8. The van der Waals surface area contributed by atoms with Crippen LogP contribution in [0.3, 0.4) is 0 Å². The third kappa shape index (κ3) is 3.90. The Hall–Kier alpha value is -3.15. The molecule has 0 bridgehead atoms. The fourth-order valence-electron chi connectivity index (χ4n) is 3.69. The van der Waals surface area contributed by atoms with Gasteiger partial charge in [-0.05, 0) is 17.7 Å². The summed E-state index contributed by atoms with van der Waals surface area (Å²) in [5.41, 5.74) is 0.209. The lowest BCUT2D eigenvalue weighted by Gasteiger charge is -2.41. The van der Waals surface area contributed by atoms with Crippen LogP contribution >= 0.6 is 0 Å². The van der Waals surface area contributed by atoms with Crippen LogP contribution in [0.15, 0.2) is 51.9 Å². The molecule has 1 aliphatic heterocycles. The second kappa shape index (κ2) is 8.77. The molecule has 10 nitrogen and oxygen atoms in total. The number of phenols is 2. The zero-order chi connectivity index (χ0) is 23.0. The summed E-state index contributed by atoms with van der Waals surface area (Å²) in [4.78, 5) is 12.9. The van der Waals surface area contributed by atoms with E-state index in [-0.39, 0.29) is 28.0 Å². The average molecular weight is 446 g/mol. The minimum Gasteiger partial charge on any atom is -0.508 e. The average Bonchev–Trinajstić information content (AvgIpc) is 2.77. The van der Waals surface area contributed by atoms with E-state index in [0.29, 0.717) is 5.56 Å². The first-order valence-corrected chi connectivity index (χ1v) is 9.74. The molecule has 1 aromatic heterocycles. The summed E-state index contributed by atoms with van der Waals surface area (Å²) in [6, 6.07) is 8.41. The van der Waals surface area contributed by atoms with E-state index in [2.05, 4.69) is 0 Å². The number of methoxy groups -OCH3 is 1. The molecular weight excluding hydrogens is 424 g/mol. The minimum absolute atomic E-state index is 0.000611. The number of benzene rings is 2. The van der Waals surface area contributed by atoms with E-state index in [4.69, 9.17) is 18.6 Å². The Balaban J connectivity index is 1.66. The van der Waals surface area contributed by atoms with Crippen LogP contribution in [-0.4, -0.2) is 70.0 Å². The van der Waals surface area contributed by atoms with Crippen LogP contribution in [0.4, 0.5) is 0 Å². The number of fused-ring (bicyclic) bond motifs is 1. The number of aliphatic hydroxyl groups excluding tert-OH is 3. The van der Waals surface area contributed by atoms with E-state index in [9.17, 15) is 30.3 Å². The molecule has 10 heteroatoms. The molecule has 5 atom stereocenters. The van der Waals surface area contributed by atoms with Crippen molar-refractivity contribution in [3.8, 4) is 28.4 Å². The van der Waals surface area contributed by atoms with Crippen molar-refractivity contribution in [1.82, 2.24) is 0 Å². The van der Waals surface area contributed by atoms with Gasteiger partial charge in [-0.25, -0.2) is 0 Å². The molecule has 1 fully saturated rings. The van der Waals surface area contributed by atoms with Gasteiger partial charge in [0.25, 0.3) is 0 Å². The lowest BCUT2D eigenvalue weighted by Crippen LogP contribution is -2.60. The maximum atomic E-state index is 12.9. The van der Waals surface area contributed by atoms with Gasteiger partial charge < -0.3 is 44.2 Å². The van der Waals surface area contributed by atoms with E-state index in [1.807, 2.05) is 0 Å². The van der Waals surface area contributed by atoms with E-state index in [1.54, 1.807) is 12.1 Å². The van der Waals surface area contributed by atoms with Crippen LogP contribution < -0.4 is 10.2 Å². The number of hydrogen-bond donors (Lipinski definition) is 5. The molecule has 0 saturated carbocycles. The molecule has 1 aliphatic rings. The van der Waals surface area contributed by atoms with Crippen molar-refractivity contribution in [2.24, 2.45) is 0 Å². The Kier molecular flexibility index (Phi) is 6.04. The summed E-state index contributed by atoms with van der Waals surface area (Å²) in [5.74, 6) is -0.383. The molecule has 32 heavy (non-hydrogen) atoms. The van der Waals surface area contributed by atoms with Crippen molar-refractivity contribution in [3.05, 3.63) is 52.9 Å². The largest absolute Gasteiger partial charge is 0.508 e. The second-order valence-corrected chi connectivity index (χ2v) is 7.37. The zero-order valence-corrected chi connectivity index (χ0v) is 16.9. The van der Waals surface area contributed by atoms with Gasteiger partial charge >= 0.3 is 0 Å². The van der Waals surface area contributed by atoms with E-state index in [1.165, 1.54) is 31.6 Å². The quantitative estimate of drug-likeness (QED) is 0.378. The molecule has 4 rings (SSSR count). The van der Waals surface area contributed by atoms with Gasteiger partial charge in [-0.2, -0.15) is 0 Å². The molecule has 0 aliphatic carbocycles. The molecule has 2 aromatic carbocycles. The lowest BCUT2D eigenvalue weighted by atomic mass is 9.99. The van der Waals surface area contributed by atoms with Gasteiger partial charge in [-0.3, -0.25) is 4.79 Å². The fraction of sp³-hybridized carbons (Fsp3) is 0.318. The van der Waals surface area contributed by atoms with Crippen molar-refractivity contribution in [1.29, 1.82) is 0 Å². The SMILES string of the molecule is COC1C(CO)O[C@@H](Oc2cc(O)c3c(=O)c(-c4ccc(O)cc4)coc3c2)[C@@H](O)[C@@H]1O. The predicted octanol–water partition coefficient (Wildman–Crippen LogP) is 0.704. The number of aliphatic hydroxyl groups is 3. The molecule has 1 saturated heterocycles. The van der Waals surface area contributed by atoms with Crippen LogP contribution in [0.2, 0.25) is 0 Å². The normalized spacial score (nSPS) is 25.7. The summed E-state index contributed by atoms with van der Waals surface area (Å²) in [7, 11) is 1.31. The monoisotopic (exact) mass is 446 g/mol. The van der Waals surface area contributed by atoms with Crippen molar-refractivity contribution >= 4 is 11.0 Å². The van der Waals surface area contributed by atoms with E-state index < -0.39 is 48.5 Å². The summed E-state index contributed by atoms with van der Waals surface area (Å²) in [6.07, 6.45) is -4.98. The molecule has 5 N–H and O–H groups in total. The summed E-state index contributed by atoms with van der Waals surface area (Å²) in [6.45, 7) is -0.486. The van der Waals surface area contributed by atoms with Gasteiger partial charge in [0.05, 0.1) is 12.2 Å². The molecule has 0 spiro atoms. The van der Waals surface area contributed by atoms with Crippen LogP contribution in [0, 0.1) is 0 Å². The first-order chi connectivity index (χ1) is 15.3. The van der Waals surface area contributed by atoms with Crippen LogP contribution in [0.25, 0.3) is 22.1 Å². The van der Waals surface area contributed by atoms with Gasteiger partial charge in [0, 0.05) is 19.2 Å². The summed E-state index contributed by atoms with van der Waals surface area (Å²) < 4.78 is 21.7. The van der Waals surface area contributed by atoms with E-state index in [0.717, 1.165) is 6.07 Å². The van der Waals surface area contributed by atoms with Crippen LogP contribution in [-0.2, 0) is 9.47 Å². The molecule has 3 aromatic rings. The third-order valence-corrected chi connectivity index (χ3v) is 5.35. The number of ether oxygens (including phenoxy) is 3. The molecule has 170 valence electrons. The highest BCUT2D eigenvalue weighted by molar-refractivity contribution is 5.88. The number of rotatable bonds is 5. The maximum absolute atomic E-state index is 12.9. The number of aromatic hydroxyl groups is 2. The Morgan fingerprint density at radius 3 is 2.44 bits per heavy atom. The Morgan fingerprint density at radius 2 is 1.78 bits per heavy atom. The fourth-order valence-corrected chi connectivity index (χ4v) is 3.69. The van der Waals surface area contributed by atoms with Crippen molar-refractivity contribution < 1.29 is 44.2 Å². The molecular formula is C22H22O10. The standard InChI is InChI=1S/C22H22O10/c1-29-21-16(8-23)32-22(20(28)19(21)27)31-12-6-14(25)17-15(7-12)30-9-13(18(17)26)10-2-4-11(24)5-3-10/h2-7,9,16,19-25,27-28H,8H2,1H3/t16?,19-,20-,21?,22+/m0/s1. The first kappa shape index (κ1) is 22.1. The Labute approximate surface area is 181 Å². The second-order valence-electron chi connectivity index (χ2n) is 7.37. The maximum Gasteiger partial charge on any atom is 0.229 e. The highest BCUT2D eigenvalue weighted by atomic mass is 16.7. The molecule has 0 amide bonds. The van der Waals surface area contributed by atoms with Crippen molar-refractivity contribution in [2.75, 3.05) is 13.7 Å². The van der Waals surface area contributed by atoms with Crippen LogP contribution in [0.1, 0.15) is 0 Å². The lowest BCUT2D eigenvalue weighted by molar-refractivity contribution is -0.281. The topological polar surface area (TPSA) is 159 Å². The molecule has 2 unspecified atom stereocenters. The third-order valence-electron chi connectivity index (χ3n) is 5.35. The minimum atomic E-state index is -1.51. The van der Waals surface area contributed by atoms with Crippen LogP contribution in [0.5, 0.6) is 17.2 Å². The smallest absolute Gasteiger partial charge is 0.229 e. The van der Waals surface area contributed by atoms with Crippen molar-refractivity contribution in [3.63, 3.8) is 0 Å². The number of phenolic OH excluding ortho intramolecular Hbond substituents is 2. The number of hydrogen-bond acceptors (Lipinski definition) is 10. The van der Waals surface area contributed by atoms with Gasteiger partial charge in [0.15, 0.2) is 0 Å². The highest BCUT2D eigenvalue weighted by Gasteiger charge is 2.45. The zero-order valence-electron chi connectivity index (χ0n) is 16.9. The molecule has 0 radical (unpaired) electrons. The van der Waals surface area contributed by atoms with Gasteiger partial charge in [-0.1, -0.05) is 12.1 Å².